The summed E-state index contributed by atoms with van der Waals surface area (Å²) in [7, 11) is 3.87. The average Bonchev–Trinajstić information content (AvgIpc) is 2.36. The van der Waals surface area contributed by atoms with E-state index in [1.165, 1.54) is 4.90 Å². The number of ether oxygens (including phenoxy) is 1. The summed E-state index contributed by atoms with van der Waals surface area (Å²) in [6.45, 7) is 4.16. The first-order valence-electron chi connectivity index (χ1n) is 4.32. The van der Waals surface area contributed by atoms with E-state index in [1.54, 1.807) is 6.92 Å². The number of rotatable bonds is 2. The molecule has 0 aliphatic carbocycles. The molecule has 0 saturated carbocycles. The van der Waals surface area contributed by atoms with Crippen LogP contribution in [0.3, 0.4) is 0 Å². The second-order valence-corrected chi connectivity index (χ2v) is 3.05. The molecular weight excluding hydrogens is 156 g/mol. The Hall–Kier alpha value is -0.770. The summed E-state index contributed by atoms with van der Waals surface area (Å²) in [5, 5.41) is 2.79. The molecule has 0 aromatic heterocycles. The summed E-state index contributed by atoms with van der Waals surface area (Å²) < 4.78 is 4.76. The summed E-state index contributed by atoms with van der Waals surface area (Å²) in [4.78, 5) is 12.2. The van der Waals surface area contributed by atoms with Crippen LogP contribution >= 0.6 is 0 Å². The van der Waals surface area contributed by atoms with Gasteiger partial charge in [-0.05, 0) is 6.92 Å². The normalized spacial score (nSPS) is 28.5. The molecule has 1 amide bonds. The van der Waals surface area contributed by atoms with Gasteiger partial charge < -0.3 is 15.0 Å². The van der Waals surface area contributed by atoms with Crippen LogP contribution < -0.4 is 10.2 Å². The molecule has 0 bridgehead atoms. The lowest BCUT2D eigenvalue weighted by atomic mass is 10.3. The van der Waals surface area contributed by atoms with E-state index < -0.39 is 0 Å². The smallest absolute Gasteiger partial charge is 0.407 e. The fourth-order valence-electron chi connectivity index (χ4n) is 1.39. The Labute approximate surface area is 72.9 Å². The number of carbonyl (C=O) groups excluding carboxylic acids is 1. The molecule has 0 aromatic rings. The molecule has 1 aliphatic rings. The van der Waals surface area contributed by atoms with Crippen molar-refractivity contribution in [1.29, 1.82) is 0 Å². The summed E-state index contributed by atoms with van der Waals surface area (Å²) in [6.07, 6.45) is 0.690. The van der Waals surface area contributed by atoms with Crippen molar-refractivity contribution in [3.8, 4) is 0 Å². The number of carbonyl (C=O) groups is 1. The highest BCUT2D eigenvalue weighted by Gasteiger charge is 2.21. The third-order valence-electron chi connectivity index (χ3n) is 1.98. The molecule has 1 aliphatic heterocycles. The van der Waals surface area contributed by atoms with Crippen LogP contribution in [0, 0.1) is 7.05 Å². The number of amides is 1. The Balaban J connectivity index is 2.18. The van der Waals surface area contributed by atoms with Crippen LogP contribution in [0.2, 0.25) is 0 Å². The minimum absolute atomic E-state index is 0.247. The lowest BCUT2D eigenvalue weighted by Crippen LogP contribution is -3.05. The summed E-state index contributed by atoms with van der Waals surface area (Å²) in [5.74, 6) is 0. The first kappa shape index (κ1) is 9.32. The highest BCUT2D eigenvalue weighted by molar-refractivity contribution is 5.67. The van der Waals surface area contributed by atoms with Gasteiger partial charge in [-0.3, -0.25) is 0 Å². The van der Waals surface area contributed by atoms with E-state index in [0.717, 1.165) is 19.5 Å². The number of alkyl carbamates (subject to hydrolysis) is 1. The van der Waals surface area contributed by atoms with Gasteiger partial charge in [0.1, 0.15) is 0 Å². The molecule has 0 aromatic carbocycles. The molecule has 1 heterocycles. The molecule has 2 atom stereocenters. The predicted octanol–water partition coefficient (Wildman–Crippen LogP) is -0.819. The van der Waals surface area contributed by atoms with Gasteiger partial charge >= 0.3 is 6.09 Å². The molecule has 1 rings (SSSR count). The van der Waals surface area contributed by atoms with Crippen LogP contribution in [0.1, 0.15) is 13.3 Å². The number of hydrogen-bond donors (Lipinski definition) is 2. The van der Waals surface area contributed by atoms with Gasteiger partial charge in [-0.15, -0.1) is 0 Å². The first-order chi connectivity index (χ1) is 5.72. The highest BCUT2D eigenvalue weighted by atomic mass is 16.5. The Morgan fingerprint density at radius 2 is 2.58 bits per heavy atom. The zero-order chi connectivity index (χ0) is 8.97. The third kappa shape index (κ3) is 2.70. The number of quaternary nitrogens is 1. The minimum Gasteiger partial charge on any atom is -0.466 e. The zero-order valence-electron chi connectivity index (χ0n) is 7.43. The maximum absolute atomic E-state index is 10.9. The van der Waals surface area contributed by atoms with Crippen molar-refractivity contribution >= 4 is 6.09 Å². The van der Waals surface area contributed by atoms with Crippen molar-refractivity contribution in [2.45, 2.75) is 19.4 Å². The van der Waals surface area contributed by atoms with E-state index in [2.05, 4.69) is 12.4 Å². The fourth-order valence-corrected chi connectivity index (χ4v) is 1.39. The Morgan fingerprint density at radius 3 is 3.08 bits per heavy atom. The number of likely N-dealkylation sites (tertiary alicyclic amines) is 1. The molecule has 0 spiro atoms. The van der Waals surface area contributed by atoms with E-state index in [-0.39, 0.29) is 12.1 Å². The van der Waals surface area contributed by atoms with E-state index in [9.17, 15) is 4.79 Å². The average molecular weight is 172 g/mol. The van der Waals surface area contributed by atoms with Crippen LogP contribution in [-0.2, 0) is 4.74 Å². The van der Waals surface area contributed by atoms with E-state index in [0.29, 0.717) is 6.61 Å². The first-order valence-corrected chi connectivity index (χ1v) is 4.32. The van der Waals surface area contributed by atoms with Gasteiger partial charge in [0.05, 0.1) is 25.7 Å². The van der Waals surface area contributed by atoms with Crippen molar-refractivity contribution < 1.29 is 14.4 Å². The Morgan fingerprint density at radius 1 is 1.83 bits per heavy atom. The van der Waals surface area contributed by atoms with Gasteiger partial charge in [0.15, 0.2) is 0 Å². The van der Waals surface area contributed by atoms with Crippen molar-refractivity contribution in [1.82, 2.24) is 5.32 Å². The monoisotopic (exact) mass is 172 g/mol. The molecular formula is C8H16N2O2. The lowest BCUT2D eigenvalue weighted by Gasteiger charge is -2.13. The van der Waals surface area contributed by atoms with Gasteiger partial charge in [0.25, 0.3) is 0 Å². The molecule has 2 N–H and O–H groups in total. The van der Waals surface area contributed by atoms with E-state index in [4.69, 9.17) is 4.74 Å². The third-order valence-corrected chi connectivity index (χ3v) is 1.98. The fraction of sp³-hybridized carbons (Fsp3) is 0.750. The van der Waals surface area contributed by atoms with Crippen molar-refractivity contribution in [2.24, 2.45) is 0 Å². The van der Waals surface area contributed by atoms with Crippen LogP contribution in [0.5, 0.6) is 0 Å². The minimum atomic E-state index is -0.308. The Kier molecular flexibility index (Phi) is 3.34. The molecule has 4 heteroatoms. The molecule has 0 radical (unpaired) electrons. The van der Waals surface area contributed by atoms with Gasteiger partial charge in [-0.2, -0.15) is 7.05 Å². The van der Waals surface area contributed by atoms with E-state index in [1.807, 2.05) is 0 Å². The molecule has 1 saturated heterocycles. The maximum Gasteiger partial charge on any atom is 0.407 e. The highest BCUT2D eigenvalue weighted by Crippen LogP contribution is 1.93. The van der Waals surface area contributed by atoms with Gasteiger partial charge in [-0.25, -0.2) is 4.79 Å². The molecule has 1 unspecified atom stereocenters. The zero-order valence-corrected chi connectivity index (χ0v) is 7.43. The second-order valence-electron chi connectivity index (χ2n) is 3.05. The second kappa shape index (κ2) is 4.30. The lowest BCUT2D eigenvalue weighted by molar-refractivity contribution is -0.840. The quantitative estimate of drug-likeness (QED) is 0.534. The van der Waals surface area contributed by atoms with Crippen LogP contribution in [0.4, 0.5) is 4.79 Å². The van der Waals surface area contributed by atoms with Crippen molar-refractivity contribution in [3.63, 3.8) is 0 Å². The van der Waals surface area contributed by atoms with Gasteiger partial charge in [0.2, 0.25) is 0 Å². The molecule has 12 heavy (non-hydrogen) atoms. The van der Waals surface area contributed by atoms with Crippen LogP contribution in [0.25, 0.3) is 0 Å². The molecule has 4 nitrogen and oxygen atoms in total. The summed E-state index contributed by atoms with van der Waals surface area (Å²) >= 11 is 0. The van der Waals surface area contributed by atoms with Crippen LogP contribution in [-0.4, -0.2) is 31.8 Å². The number of hydrogen-bond acceptors (Lipinski definition) is 2. The topological polar surface area (TPSA) is 42.8 Å². The van der Waals surface area contributed by atoms with Crippen molar-refractivity contribution in [2.75, 3.05) is 19.7 Å². The largest absolute Gasteiger partial charge is 0.466 e. The molecule has 70 valence electrons. The SMILES string of the molecule is [CH2-][NH+]1CC[C@@H](NC(=O)OCC)C1. The maximum atomic E-state index is 10.9. The van der Waals surface area contributed by atoms with Gasteiger partial charge in [-0.1, -0.05) is 0 Å². The number of nitrogens with one attached hydrogen (secondary N) is 2. The molecule has 1 fully saturated rings. The summed E-state index contributed by atoms with van der Waals surface area (Å²) in [5.41, 5.74) is 0. The van der Waals surface area contributed by atoms with E-state index >= 15 is 0 Å². The van der Waals surface area contributed by atoms with Crippen LogP contribution in [0.15, 0.2) is 0 Å². The predicted molar refractivity (Wildman–Crippen MR) is 44.6 cm³/mol. The van der Waals surface area contributed by atoms with Gasteiger partial charge in [0, 0.05) is 6.42 Å². The van der Waals surface area contributed by atoms with Crippen molar-refractivity contribution in [3.05, 3.63) is 7.05 Å². The Bertz CT molecular complexity index is 161. The summed E-state index contributed by atoms with van der Waals surface area (Å²) in [6, 6.07) is 0.247. The standard InChI is InChI=1S/C8H16N2O2/c1-3-12-8(11)9-7-4-5-10(2)6-7/h7,10H,2-6H2,1H3,(H,9,11)/t7-/m1/s1.